The molecule has 0 spiro atoms. The Morgan fingerprint density at radius 1 is 0.522 bits per heavy atom. The molecule has 0 aliphatic heterocycles. The summed E-state index contributed by atoms with van der Waals surface area (Å²) in [6.07, 6.45) is 12.3. The lowest BCUT2D eigenvalue weighted by Crippen LogP contribution is -2.74. The van der Waals surface area contributed by atoms with E-state index in [0.717, 1.165) is 30.4 Å². The molecule has 0 saturated heterocycles. The first-order valence-electron chi connectivity index (χ1n) is 17.8. The highest BCUT2D eigenvalue weighted by atomic mass is 16.1. The summed E-state index contributed by atoms with van der Waals surface area (Å²) in [5.41, 5.74) is 5.36. The predicted octanol–water partition coefficient (Wildman–Crippen LogP) is 7.18. The van der Waals surface area contributed by atoms with E-state index >= 15 is 0 Å². The lowest BCUT2D eigenvalue weighted by molar-refractivity contribution is -0.870. The molecule has 0 aliphatic carbocycles. The molecule has 0 heterocycles. The highest BCUT2D eigenvalue weighted by Gasteiger charge is 2.31. The van der Waals surface area contributed by atoms with Gasteiger partial charge >= 0.3 is 0 Å². The number of unbranched alkanes of at least 4 members (excludes halogenated alkanes) is 8. The van der Waals surface area contributed by atoms with E-state index in [4.69, 9.17) is 0 Å². The highest BCUT2D eigenvalue weighted by molar-refractivity contribution is 7.19. The highest BCUT2D eigenvalue weighted by Crippen LogP contribution is 2.11. The summed E-state index contributed by atoms with van der Waals surface area (Å²) in [7, 11) is 6.55. The largest absolute Gasteiger partial charge is 0.356 e. The number of rotatable bonds is 18. The predicted molar refractivity (Wildman–Crippen MR) is 202 cm³/mol. The van der Waals surface area contributed by atoms with Gasteiger partial charge in [-0.1, -0.05) is 180 Å². The second kappa shape index (κ2) is 20.5. The van der Waals surface area contributed by atoms with Gasteiger partial charge in [-0.15, -0.1) is 0 Å². The van der Waals surface area contributed by atoms with Crippen molar-refractivity contribution in [3.63, 3.8) is 0 Å². The van der Waals surface area contributed by atoms with Crippen molar-refractivity contribution in [2.24, 2.45) is 0 Å². The van der Waals surface area contributed by atoms with Gasteiger partial charge in [-0.3, -0.25) is 4.79 Å². The van der Waals surface area contributed by atoms with Crippen molar-refractivity contribution >= 4 is 33.9 Å². The Kier molecular flexibility index (Phi) is 16.4. The molecular formula is C42H59BN2O. The van der Waals surface area contributed by atoms with Gasteiger partial charge in [-0.05, 0) is 6.42 Å². The van der Waals surface area contributed by atoms with E-state index in [1.54, 1.807) is 0 Å². The number of quaternary nitrogens is 1. The molecule has 0 saturated carbocycles. The summed E-state index contributed by atoms with van der Waals surface area (Å²) in [6, 6.07) is 43.5. The Hall–Kier alpha value is -3.63. The number of nitrogens with one attached hydrogen (secondary N) is 1. The van der Waals surface area contributed by atoms with Crippen LogP contribution < -0.4 is 27.2 Å². The third-order valence-corrected chi connectivity index (χ3v) is 9.03. The van der Waals surface area contributed by atoms with Gasteiger partial charge in [-0.25, -0.2) is 0 Å². The molecule has 0 atom stereocenters. The lowest BCUT2D eigenvalue weighted by atomic mass is 9.13. The topological polar surface area (TPSA) is 29.1 Å². The van der Waals surface area contributed by atoms with E-state index in [9.17, 15) is 4.79 Å². The first-order valence-corrected chi connectivity index (χ1v) is 17.8. The molecule has 4 heteroatoms. The fourth-order valence-corrected chi connectivity index (χ4v) is 6.59. The maximum Gasteiger partial charge on any atom is 0.219 e. The van der Waals surface area contributed by atoms with Crippen molar-refractivity contribution in [1.29, 1.82) is 0 Å². The van der Waals surface area contributed by atoms with Crippen molar-refractivity contribution in [3.8, 4) is 0 Å². The monoisotopic (exact) mass is 618 g/mol. The van der Waals surface area contributed by atoms with Crippen LogP contribution >= 0.6 is 0 Å². The van der Waals surface area contributed by atoms with Crippen LogP contribution in [0.5, 0.6) is 0 Å². The summed E-state index contributed by atoms with van der Waals surface area (Å²) in [5, 5.41) is 3.03. The zero-order valence-electron chi connectivity index (χ0n) is 29.2. The van der Waals surface area contributed by atoms with Crippen LogP contribution in [-0.2, 0) is 4.79 Å². The number of amides is 1. The Bertz CT molecular complexity index is 1170. The van der Waals surface area contributed by atoms with Crippen LogP contribution in [0.3, 0.4) is 0 Å². The fourth-order valence-electron chi connectivity index (χ4n) is 6.59. The number of carbonyl (C=O) groups excluding carboxylic acids is 1. The van der Waals surface area contributed by atoms with Crippen LogP contribution in [0, 0.1) is 0 Å². The Morgan fingerprint density at radius 3 is 1.22 bits per heavy atom. The molecule has 0 aromatic heterocycles. The van der Waals surface area contributed by atoms with Crippen LogP contribution in [0.15, 0.2) is 121 Å². The summed E-state index contributed by atoms with van der Waals surface area (Å²) < 4.78 is 0.966. The normalized spacial score (nSPS) is 11.4. The van der Waals surface area contributed by atoms with Crippen LogP contribution in [-0.4, -0.2) is 50.8 Å². The van der Waals surface area contributed by atoms with Gasteiger partial charge in [0.15, 0.2) is 0 Å². The molecule has 1 amide bonds. The van der Waals surface area contributed by atoms with Crippen molar-refractivity contribution in [3.05, 3.63) is 121 Å². The summed E-state index contributed by atoms with van der Waals surface area (Å²) in [5.74, 6) is 0.236. The molecule has 0 unspecified atom stereocenters. The van der Waals surface area contributed by atoms with Gasteiger partial charge in [0, 0.05) is 19.4 Å². The number of carbonyl (C=O) groups is 1. The Labute approximate surface area is 281 Å². The summed E-state index contributed by atoms with van der Waals surface area (Å²) in [6.45, 7) is 4.19. The van der Waals surface area contributed by atoms with Crippen molar-refractivity contribution in [1.82, 2.24) is 5.32 Å². The van der Waals surface area contributed by atoms with E-state index in [-0.39, 0.29) is 5.91 Å². The molecule has 246 valence electrons. The quantitative estimate of drug-likeness (QED) is 0.0715. The van der Waals surface area contributed by atoms with E-state index in [0.29, 0.717) is 6.42 Å². The molecule has 4 aromatic rings. The van der Waals surface area contributed by atoms with E-state index < -0.39 is 6.15 Å². The van der Waals surface area contributed by atoms with E-state index in [2.05, 4.69) is 155 Å². The minimum atomic E-state index is -1.22. The van der Waals surface area contributed by atoms with Crippen LogP contribution in [0.25, 0.3) is 0 Å². The molecule has 0 aliphatic rings. The van der Waals surface area contributed by atoms with Gasteiger partial charge in [0.1, 0.15) is 6.15 Å². The number of hydrogen-bond donors (Lipinski definition) is 1. The van der Waals surface area contributed by atoms with Crippen molar-refractivity contribution < 1.29 is 9.28 Å². The van der Waals surface area contributed by atoms with E-state index in [1.807, 2.05) is 0 Å². The maximum atomic E-state index is 11.7. The first kappa shape index (κ1) is 36.8. The first-order chi connectivity index (χ1) is 22.4. The van der Waals surface area contributed by atoms with E-state index in [1.165, 1.54) is 73.2 Å². The standard InChI is InChI=1S/C24H20B.C18H38N2O/c1-5-13-21(14-6-1)25(22-15-7-2-8-16-22,23-17-9-3-10-18-23)24-19-11-4-12-20-24;1-5-6-7-8-9-10-11-12-13-15-18(21)19-16-14-17-20(2,3)4/h1-20H;5-17H2,1-4H3/q-1;/p+1. The average Bonchev–Trinajstić information content (AvgIpc) is 3.08. The van der Waals surface area contributed by atoms with Crippen LogP contribution in [0.1, 0.15) is 77.6 Å². The summed E-state index contributed by atoms with van der Waals surface area (Å²) in [4.78, 5) is 11.7. The SMILES string of the molecule is CCCCCCCCCCCC(=O)NCCC[N+](C)(C)C.c1ccc([B-](c2ccccc2)(c2ccccc2)c2ccccc2)cc1. The molecule has 1 N–H and O–H groups in total. The molecule has 3 nitrogen and oxygen atoms in total. The number of benzene rings is 4. The second-order valence-electron chi connectivity index (χ2n) is 13.8. The van der Waals surface area contributed by atoms with Gasteiger partial charge in [0.25, 0.3) is 0 Å². The van der Waals surface area contributed by atoms with Crippen molar-refractivity contribution in [2.45, 2.75) is 77.6 Å². The fraction of sp³-hybridized carbons (Fsp3) is 0.405. The van der Waals surface area contributed by atoms with Crippen LogP contribution in [0.2, 0.25) is 0 Å². The Morgan fingerprint density at radius 2 is 0.870 bits per heavy atom. The maximum absolute atomic E-state index is 11.7. The average molecular weight is 619 g/mol. The lowest BCUT2D eigenvalue weighted by Gasteiger charge is -2.44. The van der Waals surface area contributed by atoms with Crippen LogP contribution in [0.4, 0.5) is 0 Å². The van der Waals surface area contributed by atoms with Gasteiger partial charge in [0.05, 0.1) is 27.7 Å². The van der Waals surface area contributed by atoms with Gasteiger partial charge in [0.2, 0.25) is 5.91 Å². The molecule has 0 radical (unpaired) electrons. The molecular weight excluding hydrogens is 559 g/mol. The molecule has 4 aromatic carbocycles. The minimum absolute atomic E-state index is 0.236. The third-order valence-electron chi connectivity index (χ3n) is 9.03. The second-order valence-corrected chi connectivity index (χ2v) is 13.8. The molecule has 46 heavy (non-hydrogen) atoms. The molecule has 0 bridgehead atoms. The summed E-state index contributed by atoms with van der Waals surface area (Å²) >= 11 is 0. The number of nitrogens with zero attached hydrogens (tertiary/aromatic N) is 1. The van der Waals surface area contributed by atoms with Crippen molar-refractivity contribution in [2.75, 3.05) is 34.2 Å². The Balaban J connectivity index is 0.000000256. The number of hydrogen-bond acceptors (Lipinski definition) is 1. The van der Waals surface area contributed by atoms with Gasteiger partial charge < -0.3 is 9.80 Å². The molecule has 0 fully saturated rings. The van der Waals surface area contributed by atoms with Gasteiger partial charge in [-0.2, -0.15) is 21.9 Å². The zero-order valence-corrected chi connectivity index (χ0v) is 29.2. The minimum Gasteiger partial charge on any atom is -0.356 e. The zero-order chi connectivity index (χ0) is 32.9. The smallest absolute Gasteiger partial charge is 0.219 e. The third kappa shape index (κ3) is 12.3. The molecule has 4 rings (SSSR count).